The highest BCUT2D eigenvalue weighted by molar-refractivity contribution is 14.0. The van der Waals surface area contributed by atoms with E-state index in [4.69, 9.17) is 9.47 Å². The first-order valence-corrected chi connectivity index (χ1v) is 10.2. The fourth-order valence-electron chi connectivity index (χ4n) is 3.61. The lowest BCUT2D eigenvalue weighted by Crippen LogP contribution is -2.48. The lowest BCUT2D eigenvalue weighted by molar-refractivity contribution is 0.0513. The minimum atomic E-state index is -0.200. The molecular weight excluding hydrogens is 496 g/mol. The Bertz CT molecular complexity index is 783. The Morgan fingerprint density at radius 3 is 2.57 bits per heavy atom. The summed E-state index contributed by atoms with van der Waals surface area (Å²) in [5.74, 6) is 1.42. The number of benzene rings is 2. The lowest BCUT2D eigenvalue weighted by Gasteiger charge is -2.38. The third-order valence-corrected chi connectivity index (χ3v) is 5.33. The van der Waals surface area contributed by atoms with E-state index in [0.29, 0.717) is 26.4 Å². The summed E-state index contributed by atoms with van der Waals surface area (Å²) in [6, 6.07) is 16.7. The van der Waals surface area contributed by atoms with Gasteiger partial charge in [-0.25, -0.2) is 4.39 Å². The first-order chi connectivity index (χ1) is 14.2. The quantitative estimate of drug-likeness (QED) is 0.235. The Balaban J connectivity index is 0.00000320. The monoisotopic (exact) mass is 527 g/mol. The van der Waals surface area contributed by atoms with Gasteiger partial charge in [-0.05, 0) is 49.1 Å². The van der Waals surface area contributed by atoms with E-state index < -0.39 is 0 Å². The number of aliphatic imine (C=N–C) groups is 1. The van der Waals surface area contributed by atoms with Crippen LogP contribution in [0.25, 0.3) is 0 Å². The summed E-state index contributed by atoms with van der Waals surface area (Å²) in [5.41, 5.74) is 0.856. The molecule has 0 radical (unpaired) electrons. The van der Waals surface area contributed by atoms with Crippen molar-refractivity contribution in [2.24, 2.45) is 4.99 Å². The Morgan fingerprint density at radius 2 is 1.87 bits per heavy atom. The Morgan fingerprint density at radius 1 is 1.10 bits per heavy atom. The number of guanidine groups is 1. The predicted octanol–water partition coefficient (Wildman–Crippen LogP) is 4.13. The van der Waals surface area contributed by atoms with Crippen LogP contribution in [0.15, 0.2) is 59.6 Å². The zero-order valence-corrected chi connectivity index (χ0v) is 19.7. The van der Waals surface area contributed by atoms with Gasteiger partial charge in [0.15, 0.2) is 5.96 Å². The van der Waals surface area contributed by atoms with Crippen LogP contribution in [0.3, 0.4) is 0 Å². The highest BCUT2D eigenvalue weighted by atomic mass is 127. The van der Waals surface area contributed by atoms with Crippen LogP contribution in [-0.4, -0.2) is 45.9 Å². The third-order valence-electron chi connectivity index (χ3n) is 5.33. The van der Waals surface area contributed by atoms with Crippen molar-refractivity contribution >= 4 is 29.9 Å². The number of ether oxygens (including phenoxy) is 2. The van der Waals surface area contributed by atoms with Crippen LogP contribution >= 0.6 is 24.0 Å². The second-order valence-corrected chi connectivity index (χ2v) is 7.27. The first-order valence-electron chi connectivity index (χ1n) is 10.2. The molecule has 164 valence electrons. The molecule has 1 aliphatic heterocycles. The maximum absolute atomic E-state index is 13.8. The van der Waals surface area contributed by atoms with Crippen molar-refractivity contribution in [3.05, 3.63) is 66.0 Å². The van der Waals surface area contributed by atoms with Gasteiger partial charge in [0.25, 0.3) is 0 Å². The average molecular weight is 527 g/mol. The number of nitrogens with zero attached hydrogens (tertiary/aromatic N) is 1. The fraction of sp³-hybridized carbons (Fsp3) is 0.435. The molecule has 2 aromatic rings. The van der Waals surface area contributed by atoms with Crippen LogP contribution in [0.1, 0.15) is 24.8 Å². The van der Waals surface area contributed by atoms with Crippen molar-refractivity contribution in [1.29, 1.82) is 0 Å². The lowest BCUT2D eigenvalue weighted by atomic mass is 9.74. The predicted molar refractivity (Wildman–Crippen MR) is 129 cm³/mol. The summed E-state index contributed by atoms with van der Waals surface area (Å²) in [6.07, 6.45) is 2.56. The molecule has 5 nitrogen and oxygen atoms in total. The van der Waals surface area contributed by atoms with Gasteiger partial charge in [0, 0.05) is 38.8 Å². The van der Waals surface area contributed by atoms with Gasteiger partial charge in [-0.15, -0.1) is 24.0 Å². The van der Waals surface area contributed by atoms with Gasteiger partial charge in [-0.3, -0.25) is 4.99 Å². The minimum absolute atomic E-state index is 0. The molecule has 1 saturated heterocycles. The molecule has 3 rings (SSSR count). The van der Waals surface area contributed by atoms with Gasteiger partial charge >= 0.3 is 0 Å². The molecule has 0 saturated carbocycles. The van der Waals surface area contributed by atoms with Crippen molar-refractivity contribution in [3.8, 4) is 5.75 Å². The largest absolute Gasteiger partial charge is 0.494 e. The summed E-state index contributed by atoms with van der Waals surface area (Å²) in [5, 5.41) is 6.76. The van der Waals surface area contributed by atoms with E-state index in [1.54, 1.807) is 19.2 Å². The van der Waals surface area contributed by atoms with Crippen molar-refractivity contribution in [2.45, 2.75) is 24.7 Å². The van der Waals surface area contributed by atoms with Crippen LogP contribution < -0.4 is 15.4 Å². The summed E-state index contributed by atoms with van der Waals surface area (Å²) in [6.45, 7) is 3.43. The highest BCUT2D eigenvalue weighted by Gasteiger charge is 2.34. The van der Waals surface area contributed by atoms with Crippen molar-refractivity contribution in [2.75, 3.05) is 40.0 Å². The van der Waals surface area contributed by atoms with Crippen LogP contribution in [0, 0.1) is 5.82 Å². The van der Waals surface area contributed by atoms with Gasteiger partial charge in [-0.2, -0.15) is 0 Å². The molecule has 30 heavy (non-hydrogen) atoms. The summed E-state index contributed by atoms with van der Waals surface area (Å²) >= 11 is 0. The van der Waals surface area contributed by atoms with Crippen LogP contribution in [0.5, 0.6) is 5.75 Å². The number of hydrogen-bond donors (Lipinski definition) is 2. The van der Waals surface area contributed by atoms with E-state index in [0.717, 1.165) is 43.1 Å². The zero-order chi connectivity index (χ0) is 20.4. The SMILES string of the molecule is CN=C(NCCCOc1ccccc1)NCC1(c2cccc(F)c2)CCOCC1.I. The average Bonchev–Trinajstić information content (AvgIpc) is 2.77. The van der Waals surface area contributed by atoms with Crippen molar-refractivity contribution in [1.82, 2.24) is 10.6 Å². The molecule has 2 aromatic carbocycles. The zero-order valence-electron chi connectivity index (χ0n) is 17.4. The molecule has 7 heteroatoms. The molecule has 0 unspecified atom stereocenters. The normalized spacial score (nSPS) is 15.7. The smallest absolute Gasteiger partial charge is 0.191 e. The van der Waals surface area contributed by atoms with E-state index in [1.165, 1.54) is 6.07 Å². The Kier molecular flexibility index (Phi) is 10.4. The van der Waals surface area contributed by atoms with Crippen molar-refractivity contribution in [3.63, 3.8) is 0 Å². The van der Waals surface area contributed by atoms with E-state index in [1.807, 2.05) is 36.4 Å². The molecule has 0 aliphatic carbocycles. The standard InChI is InChI=1S/C23H30FN3O2.HI/c1-25-22(26-13-6-14-29-21-9-3-2-4-10-21)27-18-23(11-15-28-16-12-23)19-7-5-8-20(24)17-19;/h2-5,7-10,17H,6,11-16,18H2,1H3,(H2,25,26,27);1H. The number of nitrogens with one attached hydrogen (secondary N) is 2. The molecule has 0 amide bonds. The highest BCUT2D eigenvalue weighted by Crippen LogP contribution is 2.34. The molecule has 1 heterocycles. The Labute approximate surface area is 195 Å². The second-order valence-electron chi connectivity index (χ2n) is 7.27. The number of rotatable bonds is 8. The molecule has 1 aliphatic rings. The van der Waals surface area contributed by atoms with Gasteiger partial charge in [0.2, 0.25) is 0 Å². The van der Waals surface area contributed by atoms with Crippen molar-refractivity contribution < 1.29 is 13.9 Å². The second kappa shape index (κ2) is 12.7. The third kappa shape index (κ3) is 7.12. The van der Waals surface area contributed by atoms with E-state index in [-0.39, 0.29) is 35.2 Å². The molecule has 0 aromatic heterocycles. The maximum Gasteiger partial charge on any atom is 0.191 e. The van der Waals surface area contributed by atoms with E-state index in [2.05, 4.69) is 15.6 Å². The molecule has 2 N–H and O–H groups in total. The molecular formula is C23H31FIN3O2. The van der Waals surface area contributed by atoms with E-state index >= 15 is 0 Å². The molecule has 0 spiro atoms. The summed E-state index contributed by atoms with van der Waals surface area (Å²) in [7, 11) is 1.76. The van der Waals surface area contributed by atoms with Crippen LogP contribution in [0.2, 0.25) is 0 Å². The topological polar surface area (TPSA) is 54.9 Å². The van der Waals surface area contributed by atoms with Gasteiger partial charge in [0.1, 0.15) is 11.6 Å². The fourth-order valence-corrected chi connectivity index (χ4v) is 3.61. The molecule has 0 atom stereocenters. The van der Waals surface area contributed by atoms with Gasteiger partial charge in [0.05, 0.1) is 6.61 Å². The minimum Gasteiger partial charge on any atom is -0.494 e. The number of halogens is 2. The Hall–Kier alpha value is -1.87. The number of hydrogen-bond acceptors (Lipinski definition) is 3. The summed E-state index contributed by atoms with van der Waals surface area (Å²) < 4.78 is 25.1. The molecule has 0 bridgehead atoms. The van der Waals surface area contributed by atoms with Gasteiger partial charge in [-0.1, -0.05) is 30.3 Å². The van der Waals surface area contributed by atoms with Gasteiger partial charge < -0.3 is 20.1 Å². The van der Waals surface area contributed by atoms with Crippen LogP contribution in [0.4, 0.5) is 4.39 Å². The summed E-state index contributed by atoms with van der Waals surface area (Å²) in [4.78, 5) is 4.32. The first kappa shape index (κ1) is 24.4. The number of para-hydroxylation sites is 1. The van der Waals surface area contributed by atoms with E-state index in [9.17, 15) is 4.39 Å². The molecule has 1 fully saturated rings. The maximum atomic E-state index is 13.8. The van der Waals surface area contributed by atoms with Crippen LogP contribution in [-0.2, 0) is 10.2 Å².